The predicted molar refractivity (Wildman–Crippen MR) is 71.2 cm³/mol. The molecule has 92 valence electrons. The summed E-state index contributed by atoms with van der Waals surface area (Å²) in [7, 11) is 0. The van der Waals surface area contributed by atoms with Gasteiger partial charge in [-0.05, 0) is 30.3 Å². The van der Waals surface area contributed by atoms with Crippen LogP contribution in [-0.4, -0.2) is 21.3 Å². The Morgan fingerprint density at radius 3 is 3.00 bits per heavy atom. The fraction of sp³-hybridized carbons (Fsp3) is 0.250. The zero-order valence-electron chi connectivity index (χ0n) is 9.89. The fourth-order valence-corrected chi connectivity index (χ4v) is 2.02. The maximum absolute atomic E-state index is 8.74. The van der Waals surface area contributed by atoms with Gasteiger partial charge in [-0.25, -0.2) is 9.67 Å². The Balaban J connectivity index is 2.39. The highest BCUT2D eigenvalue weighted by atomic mass is 79.9. The molecule has 0 atom stereocenters. The minimum Gasteiger partial charge on any atom is -0.313 e. The largest absolute Gasteiger partial charge is 0.313 e. The predicted octanol–water partition coefficient (Wildman–Crippen LogP) is 2.01. The van der Waals surface area contributed by atoms with Crippen LogP contribution in [0.25, 0.3) is 5.69 Å². The third kappa shape index (κ3) is 2.75. The highest BCUT2D eigenvalue weighted by Crippen LogP contribution is 2.19. The van der Waals surface area contributed by atoms with Gasteiger partial charge in [-0.2, -0.15) is 5.26 Å². The molecule has 0 aliphatic carbocycles. The topological polar surface area (TPSA) is 66.5 Å². The molecule has 1 heterocycles. The summed E-state index contributed by atoms with van der Waals surface area (Å²) < 4.78 is 2.64. The molecule has 6 heteroatoms. The highest BCUT2D eigenvalue weighted by molar-refractivity contribution is 9.10. The van der Waals surface area contributed by atoms with Crippen LogP contribution in [0.1, 0.15) is 18.3 Å². The lowest BCUT2D eigenvalue weighted by atomic mass is 10.2. The molecule has 0 unspecified atom stereocenters. The second-order valence-corrected chi connectivity index (χ2v) is 4.59. The molecule has 0 aliphatic heterocycles. The number of benzene rings is 1. The molecule has 2 rings (SSSR count). The van der Waals surface area contributed by atoms with Crippen molar-refractivity contribution in [1.82, 2.24) is 20.1 Å². The zero-order valence-corrected chi connectivity index (χ0v) is 11.5. The first-order valence-electron chi connectivity index (χ1n) is 5.56. The van der Waals surface area contributed by atoms with Gasteiger partial charge < -0.3 is 5.32 Å². The summed E-state index contributed by atoms with van der Waals surface area (Å²) in [5.41, 5.74) is 2.02. The Morgan fingerprint density at radius 1 is 1.50 bits per heavy atom. The van der Waals surface area contributed by atoms with Crippen molar-refractivity contribution in [3.63, 3.8) is 0 Å². The molecule has 5 nitrogen and oxygen atoms in total. The number of nitriles is 1. The molecule has 0 radical (unpaired) electrons. The summed E-state index contributed by atoms with van der Waals surface area (Å²) in [4.78, 5) is 3.91. The smallest absolute Gasteiger partial charge is 0.252 e. The van der Waals surface area contributed by atoms with Crippen molar-refractivity contribution >= 4 is 15.9 Å². The lowest BCUT2D eigenvalue weighted by Gasteiger charge is -2.10. The summed E-state index contributed by atoms with van der Waals surface area (Å²) in [6.07, 6.45) is 1.55. The molecule has 1 N–H and O–H groups in total. The van der Waals surface area contributed by atoms with E-state index >= 15 is 0 Å². The minimum atomic E-state index is 0.173. The lowest BCUT2D eigenvalue weighted by molar-refractivity contribution is 0.716. The first-order chi connectivity index (χ1) is 8.74. The molecule has 0 aliphatic rings. The van der Waals surface area contributed by atoms with Crippen molar-refractivity contribution in [2.75, 3.05) is 6.54 Å². The second kappa shape index (κ2) is 5.76. The Labute approximate surface area is 114 Å². The van der Waals surface area contributed by atoms with Gasteiger partial charge in [0.15, 0.2) is 0 Å². The van der Waals surface area contributed by atoms with Crippen LogP contribution in [0, 0.1) is 11.3 Å². The van der Waals surface area contributed by atoms with Gasteiger partial charge in [0.2, 0.25) is 0 Å². The number of aromatic nitrogens is 3. The molecule has 0 spiro atoms. The average molecular weight is 306 g/mol. The molecule has 18 heavy (non-hydrogen) atoms. The summed E-state index contributed by atoms with van der Waals surface area (Å²) in [5, 5.41) is 16.1. The average Bonchev–Trinajstić information content (AvgIpc) is 2.85. The van der Waals surface area contributed by atoms with Crippen LogP contribution < -0.4 is 5.32 Å². The Hall–Kier alpha value is -1.71. The van der Waals surface area contributed by atoms with Gasteiger partial charge in [-0.3, -0.25) is 0 Å². The van der Waals surface area contributed by atoms with Gasteiger partial charge in [0, 0.05) is 11.0 Å². The zero-order chi connectivity index (χ0) is 13.0. The Bertz CT molecular complexity index is 584. The summed E-state index contributed by atoms with van der Waals surface area (Å²) >= 11 is 3.45. The number of hydrogen-bond acceptors (Lipinski definition) is 4. The Morgan fingerprint density at radius 2 is 2.33 bits per heavy atom. The van der Waals surface area contributed by atoms with E-state index in [-0.39, 0.29) is 5.82 Å². The van der Waals surface area contributed by atoms with E-state index < -0.39 is 0 Å². The van der Waals surface area contributed by atoms with Crippen LogP contribution in [0.5, 0.6) is 0 Å². The molecule has 0 amide bonds. The monoisotopic (exact) mass is 305 g/mol. The van der Waals surface area contributed by atoms with E-state index in [1.165, 1.54) is 0 Å². The Kier molecular flexibility index (Phi) is 4.07. The summed E-state index contributed by atoms with van der Waals surface area (Å²) in [6, 6.07) is 7.85. The van der Waals surface area contributed by atoms with Crippen molar-refractivity contribution in [1.29, 1.82) is 5.26 Å². The molecular weight excluding hydrogens is 294 g/mol. The second-order valence-electron chi connectivity index (χ2n) is 3.68. The van der Waals surface area contributed by atoms with Crippen LogP contribution in [-0.2, 0) is 6.54 Å². The highest BCUT2D eigenvalue weighted by Gasteiger charge is 2.07. The number of hydrogen-bond donors (Lipinski definition) is 1. The van der Waals surface area contributed by atoms with Crippen molar-refractivity contribution < 1.29 is 0 Å². The van der Waals surface area contributed by atoms with Crippen LogP contribution in [0.3, 0.4) is 0 Å². The van der Waals surface area contributed by atoms with E-state index in [1.807, 2.05) is 24.3 Å². The lowest BCUT2D eigenvalue weighted by Crippen LogP contribution is -2.14. The van der Waals surface area contributed by atoms with E-state index in [4.69, 9.17) is 5.26 Å². The third-order valence-corrected chi connectivity index (χ3v) is 2.94. The van der Waals surface area contributed by atoms with Crippen molar-refractivity contribution in [2.45, 2.75) is 13.5 Å². The summed E-state index contributed by atoms with van der Waals surface area (Å²) in [5.74, 6) is 0.173. The van der Waals surface area contributed by atoms with Crippen molar-refractivity contribution in [3.05, 3.63) is 40.4 Å². The van der Waals surface area contributed by atoms with Crippen molar-refractivity contribution in [3.8, 4) is 11.8 Å². The number of rotatable bonds is 4. The molecule has 1 aromatic heterocycles. The van der Waals surface area contributed by atoms with Gasteiger partial charge in [-0.1, -0.05) is 22.9 Å². The van der Waals surface area contributed by atoms with Crippen LogP contribution in [0.4, 0.5) is 0 Å². The van der Waals surface area contributed by atoms with E-state index in [2.05, 4.69) is 38.3 Å². The molecule has 0 saturated carbocycles. The van der Waals surface area contributed by atoms with Gasteiger partial charge >= 0.3 is 0 Å². The maximum Gasteiger partial charge on any atom is 0.252 e. The molecule has 0 bridgehead atoms. The number of halogens is 1. The van der Waals surface area contributed by atoms with Crippen molar-refractivity contribution in [2.24, 2.45) is 0 Å². The maximum atomic E-state index is 8.74. The van der Waals surface area contributed by atoms with E-state index in [0.717, 1.165) is 28.8 Å². The molecule has 0 fully saturated rings. The normalized spacial score (nSPS) is 10.3. The van der Waals surface area contributed by atoms with Gasteiger partial charge in [0.25, 0.3) is 5.82 Å². The molecule has 2 aromatic rings. The van der Waals surface area contributed by atoms with Crippen LogP contribution >= 0.6 is 15.9 Å². The molecular formula is C12H12BrN5. The third-order valence-electron chi connectivity index (χ3n) is 2.45. The quantitative estimate of drug-likeness (QED) is 0.938. The minimum absolute atomic E-state index is 0.173. The standard InChI is InChI=1S/C12H12BrN5/c1-2-15-7-9-5-10(13)3-4-11(9)18-8-16-12(6-14)17-18/h3-5,8,15H,2,7H2,1H3. The van der Waals surface area contributed by atoms with Gasteiger partial charge in [0.05, 0.1) is 5.69 Å². The number of nitrogens with zero attached hydrogens (tertiary/aromatic N) is 4. The van der Waals surface area contributed by atoms with E-state index in [0.29, 0.717) is 0 Å². The van der Waals surface area contributed by atoms with Gasteiger partial charge in [0.1, 0.15) is 12.4 Å². The molecule has 1 aromatic carbocycles. The molecule has 0 saturated heterocycles. The first-order valence-corrected chi connectivity index (χ1v) is 6.35. The van der Waals surface area contributed by atoms with Crippen LogP contribution in [0.2, 0.25) is 0 Å². The summed E-state index contributed by atoms with van der Waals surface area (Å²) in [6.45, 7) is 3.70. The van der Waals surface area contributed by atoms with Crippen LogP contribution in [0.15, 0.2) is 29.0 Å². The van der Waals surface area contributed by atoms with E-state index in [9.17, 15) is 0 Å². The first kappa shape index (κ1) is 12.7. The fourth-order valence-electron chi connectivity index (χ4n) is 1.61. The number of nitrogens with one attached hydrogen (secondary N) is 1. The SMILES string of the molecule is CCNCc1cc(Br)ccc1-n1cnc(C#N)n1. The van der Waals surface area contributed by atoms with Gasteiger partial charge in [-0.15, -0.1) is 5.10 Å². The van der Waals surface area contributed by atoms with E-state index in [1.54, 1.807) is 11.0 Å².